The first-order valence-corrected chi connectivity index (χ1v) is 9.18. The van der Waals surface area contributed by atoms with Gasteiger partial charge in [-0.2, -0.15) is 18.3 Å². The predicted octanol–water partition coefficient (Wildman–Crippen LogP) is 4.40. The van der Waals surface area contributed by atoms with E-state index in [1.807, 2.05) is 0 Å². The zero-order valence-electron chi connectivity index (χ0n) is 16.0. The number of alkyl halides is 3. The van der Waals surface area contributed by atoms with Gasteiger partial charge in [0.15, 0.2) is 5.84 Å². The zero-order valence-corrected chi connectivity index (χ0v) is 16.8. The largest absolute Gasteiger partial charge is 0.486 e. The highest BCUT2D eigenvalue weighted by Crippen LogP contribution is 2.32. The van der Waals surface area contributed by atoms with Crippen molar-refractivity contribution in [2.24, 2.45) is 10.8 Å². The number of ether oxygens (including phenoxy) is 1. The van der Waals surface area contributed by atoms with E-state index < -0.39 is 17.6 Å². The number of halogens is 4. The van der Waals surface area contributed by atoms with Crippen molar-refractivity contribution in [3.05, 3.63) is 70.4 Å². The first kappa shape index (κ1) is 22.2. The van der Waals surface area contributed by atoms with Crippen LogP contribution in [0.4, 0.5) is 13.2 Å². The third-order valence-corrected chi connectivity index (χ3v) is 4.40. The average Bonchev–Trinajstić information content (AvgIpc) is 3.11. The van der Waals surface area contributed by atoms with Gasteiger partial charge in [-0.1, -0.05) is 41.0 Å². The lowest BCUT2D eigenvalue weighted by Crippen LogP contribution is -2.28. The lowest BCUT2D eigenvalue weighted by molar-refractivity contribution is -0.137. The number of rotatable bonds is 6. The molecular weight excluding hydrogens is 437 g/mol. The molecule has 1 aromatic heterocycles. The standard InChI is InChI=1S/C20H16ClF3N4O3/c1-11-17(18(28-31-11)14-7-2-3-8-15(14)21)19(29)27-26-16(25)10-30-13-6-4-5-12(9-13)20(22,23)24/h2-9H,10H2,1H3,(H2,25,26)(H,27,29). The van der Waals surface area contributed by atoms with E-state index in [-0.39, 0.29) is 35.2 Å². The van der Waals surface area contributed by atoms with Crippen LogP contribution in [0.15, 0.2) is 58.2 Å². The van der Waals surface area contributed by atoms with Gasteiger partial charge in [0.1, 0.15) is 29.4 Å². The number of hydrazone groups is 1. The Morgan fingerprint density at radius 1 is 1.26 bits per heavy atom. The summed E-state index contributed by atoms with van der Waals surface area (Å²) in [6.07, 6.45) is -4.50. The number of nitrogens with one attached hydrogen (secondary N) is 1. The molecule has 11 heteroatoms. The number of hydrogen-bond donors (Lipinski definition) is 2. The van der Waals surface area contributed by atoms with Crippen LogP contribution in [-0.2, 0) is 6.18 Å². The summed E-state index contributed by atoms with van der Waals surface area (Å²) < 4.78 is 48.6. The fourth-order valence-corrected chi connectivity index (χ4v) is 2.83. The monoisotopic (exact) mass is 452 g/mol. The number of benzene rings is 2. The Hall–Kier alpha value is -3.53. The van der Waals surface area contributed by atoms with Gasteiger partial charge >= 0.3 is 6.18 Å². The van der Waals surface area contributed by atoms with Crippen LogP contribution in [0.25, 0.3) is 11.3 Å². The zero-order chi connectivity index (χ0) is 22.6. The van der Waals surface area contributed by atoms with Crippen LogP contribution in [0, 0.1) is 6.92 Å². The molecule has 0 spiro atoms. The number of hydrogen-bond acceptors (Lipinski definition) is 5. The molecule has 0 aliphatic rings. The molecule has 0 bridgehead atoms. The second kappa shape index (κ2) is 9.09. The van der Waals surface area contributed by atoms with Crippen molar-refractivity contribution in [2.75, 3.05) is 6.61 Å². The number of nitrogens with zero attached hydrogens (tertiary/aromatic N) is 2. The Labute approximate surface area is 179 Å². The van der Waals surface area contributed by atoms with E-state index in [0.717, 1.165) is 12.1 Å². The van der Waals surface area contributed by atoms with E-state index in [9.17, 15) is 18.0 Å². The molecule has 2 aromatic carbocycles. The van der Waals surface area contributed by atoms with Crippen LogP contribution in [0.5, 0.6) is 5.75 Å². The smallest absolute Gasteiger partial charge is 0.416 e. The molecule has 0 saturated carbocycles. The van der Waals surface area contributed by atoms with Crippen LogP contribution in [0.1, 0.15) is 21.7 Å². The van der Waals surface area contributed by atoms with Gasteiger partial charge in [0.25, 0.3) is 5.91 Å². The van der Waals surface area contributed by atoms with Crippen LogP contribution in [0.3, 0.4) is 0 Å². The highest BCUT2D eigenvalue weighted by molar-refractivity contribution is 6.33. The lowest BCUT2D eigenvalue weighted by Gasteiger charge is -2.10. The number of aromatic nitrogens is 1. The third-order valence-electron chi connectivity index (χ3n) is 4.07. The minimum absolute atomic E-state index is 0.0461. The van der Waals surface area contributed by atoms with Crippen LogP contribution < -0.4 is 15.9 Å². The minimum Gasteiger partial charge on any atom is -0.486 e. The Balaban J connectivity index is 1.68. The topological polar surface area (TPSA) is 103 Å². The Bertz CT molecular complexity index is 1130. The van der Waals surface area contributed by atoms with E-state index in [2.05, 4.69) is 15.7 Å². The number of carbonyl (C=O) groups excluding carboxylic acids is 1. The Morgan fingerprint density at radius 2 is 2.00 bits per heavy atom. The first-order valence-electron chi connectivity index (χ1n) is 8.80. The maximum atomic E-state index is 12.8. The van der Waals surface area contributed by atoms with E-state index in [0.29, 0.717) is 10.6 Å². The number of carbonyl (C=O) groups is 1. The summed E-state index contributed by atoms with van der Waals surface area (Å²) in [6, 6.07) is 11.1. The molecule has 0 saturated heterocycles. The number of nitrogens with two attached hydrogens (primary N) is 1. The molecular formula is C20H16ClF3N4O3. The number of amides is 1. The van der Waals surface area contributed by atoms with Gasteiger partial charge in [-0.25, -0.2) is 5.43 Å². The van der Waals surface area contributed by atoms with Crippen LogP contribution in [-0.4, -0.2) is 23.5 Å². The molecule has 162 valence electrons. The summed E-state index contributed by atoms with van der Waals surface area (Å²) in [5.41, 5.74) is 7.92. The molecule has 31 heavy (non-hydrogen) atoms. The van der Waals surface area contributed by atoms with Gasteiger partial charge < -0.3 is 15.0 Å². The maximum Gasteiger partial charge on any atom is 0.416 e. The molecule has 3 aromatic rings. The molecule has 0 unspecified atom stereocenters. The first-order chi connectivity index (χ1) is 14.7. The highest BCUT2D eigenvalue weighted by atomic mass is 35.5. The van der Waals surface area contributed by atoms with E-state index in [4.69, 9.17) is 26.6 Å². The van der Waals surface area contributed by atoms with Gasteiger partial charge in [-0.15, -0.1) is 0 Å². The molecule has 0 fully saturated rings. The fourth-order valence-electron chi connectivity index (χ4n) is 2.61. The normalized spacial score (nSPS) is 12.0. The molecule has 0 aliphatic heterocycles. The Kier molecular flexibility index (Phi) is 6.50. The quantitative estimate of drug-likeness (QED) is 0.328. The molecule has 0 aliphatic carbocycles. The Morgan fingerprint density at radius 3 is 2.71 bits per heavy atom. The number of aryl methyl sites for hydroxylation is 1. The molecule has 1 amide bonds. The van der Waals surface area contributed by atoms with E-state index in [1.54, 1.807) is 31.2 Å². The molecule has 3 rings (SSSR count). The van der Waals surface area contributed by atoms with Crippen molar-refractivity contribution >= 4 is 23.3 Å². The summed E-state index contributed by atoms with van der Waals surface area (Å²) in [6.45, 7) is 1.20. The van der Waals surface area contributed by atoms with Gasteiger partial charge in [-0.3, -0.25) is 4.79 Å². The SMILES string of the molecule is Cc1onc(-c2ccccc2Cl)c1C(=O)NN=C(N)COc1cccc(C(F)(F)F)c1. The maximum absolute atomic E-state index is 12.8. The summed E-state index contributed by atoms with van der Waals surface area (Å²) >= 11 is 6.16. The van der Waals surface area contributed by atoms with Crippen LogP contribution in [0.2, 0.25) is 5.02 Å². The average molecular weight is 453 g/mol. The fraction of sp³-hybridized carbons (Fsp3) is 0.150. The van der Waals surface area contributed by atoms with Crippen molar-refractivity contribution in [2.45, 2.75) is 13.1 Å². The van der Waals surface area contributed by atoms with Crippen molar-refractivity contribution in [1.29, 1.82) is 0 Å². The minimum atomic E-state index is -4.50. The summed E-state index contributed by atoms with van der Waals surface area (Å²) in [5.74, 6) is -0.633. The van der Waals surface area contributed by atoms with Crippen LogP contribution >= 0.6 is 11.6 Å². The van der Waals surface area contributed by atoms with Crippen molar-refractivity contribution in [3.63, 3.8) is 0 Å². The summed E-state index contributed by atoms with van der Waals surface area (Å²) in [5, 5.41) is 7.97. The highest BCUT2D eigenvalue weighted by Gasteiger charge is 2.30. The number of amidine groups is 1. The van der Waals surface area contributed by atoms with E-state index >= 15 is 0 Å². The molecule has 7 nitrogen and oxygen atoms in total. The van der Waals surface area contributed by atoms with Crippen molar-refractivity contribution < 1.29 is 27.2 Å². The molecule has 0 radical (unpaired) electrons. The van der Waals surface area contributed by atoms with Crippen molar-refractivity contribution in [3.8, 4) is 17.0 Å². The van der Waals surface area contributed by atoms with Crippen molar-refractivity contribution in [1.82, 2.24) is 10.6 Å². The lowest BCUT2D eigenvalue weighted by atomic mass is 10.1. The summed E-state index contributed by atoms with van der Waals surface area (Å²) in [4.78, 5) is 12.6. The third kappa shape index (κ3) is 5.34. The predicted molar refractivity (Wildman–Crippen MR) is 108 cm³/mol. The van der Waals surface area contributed by atoms with Gasteiger partial charge in [-0.05, 0) is 31.2 Å². The molecule has 0 atom stereocenters. The second-order valence-corrected chi connectivity index (χ2v) is 6.71. The second-order valence-electron chi connectivity index (χ2n) is 6.30. The van der Waals surface area contributed by atoms with E-state index in [1.165, 1.54) is 12.1 Å². The van der Waals surface area contributed by atoms with Gasteiger partial charge in [0, 0.05) is 5.56 Å². The molecule has 1 heterocycles. The van der Waals surface area contributed by atoms with Gasteiger partial charge in [0.05, 0.1) is 10.6 Å². The van der Waals surface area contributed by atoms with Gasteiger partial charge in [0.2, 0.25) is 0 Å². The molecule has 3 N–H and O–H groups in total. The summed E-state index contributed by atoms with van der Waals surface area (Å²) in [7, 11) is 0.